The minimum atomic E-state index is 0.421. The van der Waals surface area contributed by atoms with Gasteiger partial charge in [-0.25, -0.2) is 0 Å². The van der Waals surface area contributed by atoms with Crippen molar-refractivity contribution in [1.29, 1.82) is 0 Å². The molecule has 0 bridgehead atoms. The zero-order chi connectivity index (χ0) is 10.0. The summed E-state index contributed by atoms with van der Waals surface area (Å²) in [4.78, 5) is 1.48. The van der Waals surface area contributed by atoms with Crippen molar-refractivity contribution in [3.8, 4) is 0 Å². The summed E-state index contributed by atoms with van der Waals surface area (Å²) in [7, 11) is 0. The molecule has 0 amide bonds. The number of thiophene rings is 1. The van der Waals surface area contributed by atoms with E-state index in [0.717, 1.165) is 6.54 Å². The highest BCUT2D eigenvalue weighted by molar-refractivity contribution is 9.10. The molecule has 1 aromatic heterocycles. The maximum atomic E-state index is 5.92. The normalized spacial score (nSPS) is 20.1. The van der Waals surface area contributed by atoms with Crippen molar-refractivity contribution in [3.05, 3.63) is 20.8 Å². The molecule has 3 heteroatoms. The average Bonchev–Trinajstić information content (AvgIpc) is 2.77. The van der Waals surface area contributed by atoms with Gasteiger partial charge in [0.15, 0.2) is 0 Å². The third-order valence-corrected chi connectivity index (χ3v) is 4.97. The SMILES string of the molecule is NCC1(Cc2cc(Br)cs2)CCCC1. The Balaban J connectivity index is 2.08. The molecule has 0 atom stereocenters. The molecule has 0 aromatic carbocycles. The summed E-state index contributed by atoms with van der Waals surface area (Å²) < 4.78 is 1.21. The van der Waals surface area contributed by atoms with Crippen molar-refractivity contribution >= 4 is 27.3 Å². The summed E-state index contributed by atoms with van der Waals surface area (Å²) in [6.45, 7) is 0.850. The molecule has 1 aromatic rings. The molecule has 0 radical (unpaired) electrons. The first kappa shape index (κ1) is 10.7. The van der Waals surface area contributed by atoms with Gasteiger partial charge in [0.25, 0.3) is 0 Å². The Bertz CT molecular complexity index is 302. The Morgan fingerprint density at radius 2 is 2.14 bits per heavy atom. The molecule has 0 spiro atoms. The number of nitrogens with two attached hydrogens (primary N) is 1. The van der Waals surface area contributed by atoms with Crippen LogP contribution in [0, 0.1) is 5.41 Å². The summed E-state index contributed by atoms with van der Waals surface area (Å²) in [6, 6.07) is 2.24. The van der Waals surface area contributed by atoms with E-state index in [-0.39, 0.29) is 0 Å². The molecule has 1 aliphatic rings. The van der Waals surface area contributed by atoms with E-state index < -0.39 is 0 Å². The first-order valence-electron chi connectivity index (χ1n) is 5.17. The van der Waals surface area contributed by atoms with Crippen LogP contribution in [0.4, 0.5) is 0 Å². The largest absolute Gasteiger partial charge is 0.330 e. The number of rotatable bonds is 3. The molecule has 0 saturated heterocycles. The topological polar surface area (TPSA) is 26.0 Å². The molecule has 1 nitrogen and oxygen atoms in total. The van der Waals surface area contributed by atoms with Crippen molar-refractivity contribution in [3.63, 3.8) is 0 Å². The van der Waals surface area contributed by atoms with Crippen LogP contribution in [0.25, 0.3) is 0 Å². The van der Waals surface area contributed by atoms with E-state index in [1.54, 1.807) is 0 Å². The van der Waals surface area contributed by atoms with E-state index in [1.165, 1.54) is 41.5 Å². The van der Waals surface area contributed by atoms with Crippen molar-refractivity contribution in [2.24, 2.45) is 11.1 Å². The third kappa shape index (κ3) is 2.20. The van der Waals surface area contributed by atoms with E-state index in [0.29, 0.717) is 5.41 Å². The highest BCUT2D eigenvalue weighted by Crippen LogP contribution is 2.41. The second-order valence-electron chi connectivity index (χ2n) is 4.32. The first-order chi connectivity index (χ1) is 6.74. The van der Waals surface area contributed by atoms with Crippen LogP contribution < -0.4 is 5.73 Å². The molecule has 1 heterocycles. The van der Waals surface area contributed by atoms with Crippen molar-refractivity contribution in [2.45, 2.75) is 32.1 Å². The highest BCUT2D eigenvalue weighted by Gasteiger charge is 2.32. The van der Waals surface area contributed by atoms with Gasteiger partial charge in [0.2, 0.25) is 0 Å². The highest BCUT2D eigenvalue weighted by atomic mass is 79.9. The second-order valence-corrected chi connectivity index (χ2v) is 6.23. The van der Waals surface area contributed by atoms with Gasteiger partial charge in [-0.05, 0) is 53.2 Å². The summed E-state index contributed by atoms with van der Waals surface area (Å²) in [6.07, 6.45) is 6.55. The van der Waals surface area contributed by atoms with Crippen LogP contribution >= 0.6 is 27.3 Å². The average molecular weight is 274 g/mol. The summed E-state index contributed by atoms with van der Waals surface area (Å²) in [5.41, 5.74) is 6.34. The van der Waals surface area contributed by atoms with E-state index in [9.17, 15) is 0 Å². The van der Waals surface area contributed by atoms with Crippen molar-refractivity contribution in [1.82, 2.24) is 0 Å². The number of hydrogen-bond donors (Lipinski definition) is 1. The predicted octanol–water partition coefficient (Wildman–Crippen LogP) is 3.57. The van der Waals surface area contributed by atoms with Gasteiger partial charge in [0.1, 0.15) is 0 Å². The quantitative estimate of drug-likeness (QED) is 0.895. The number of hydrogen-bond acceptors (Lipinski definition) is 2. The van der Waals surface area contributed by atoms with Gasteiger partial charge in [0, 0.05) is 14.7 Å². The molecule has 78 valence electrons. The molecule has 1 fully saturated rings. The van der Waals surface area contributed by atoms with Crippen LogP contribution in [0.5, 0.6) is 0 Å². The molecule has 14 heavy (non-hydrogen) atoms. The minimum Gasteiger partial charge on any atom is -0.330 e. The van der Waals surface area contributed by atoms with Gasteiger partial charge in [-0.15, -0.1) is 11.3 Å². The maximum absolute atomic E-state index is 5.92. The van der Waals surface area contributed by atoms with E-state index in [1.807, 2.05) is 11.3 Å². The van der Waals surface area contributed by atoms with Crippen LogP contribution in [0.3, 0.4) is 0 Å². The fourth-order valence-electron chi connectivity index (χ4n) is 2.39. The van der Waals surface area contributed by atoms with Crippen LogP contribution in [-0.4, -0.2) is 6.54 Å². The zero-order valence-electron chi connectivity index (χ0n) is 8.26. The maximum Gasteiger partial charge on any atom is 0.0285 e. The minimum absolute atomic E-state index is 0.421. The lowest BCUT2D eigenvalue weighted by atomic mass is 9.82. The van der Waals surface area contributed by atoms with Crippen molar-refractivity contribution in [2.75, 3.05) is 6.54 Å². The Hall–Kier alpha value is 0.140. The molecular formula is C11H16BrNS. The lowest BCUT2D eigenvalue weighted by molar-refractivity contribution is 0.309. The first-order valence-corrected chi connectivity index (χ1v) is 6.84. The summed E-state index contributed by atoms with van der Waals surface area (Å²) in [5, 5.41) is 2.16. The third-order valence-electron chi connectivity index (χ3n) is 3.27. The lowest BCUT2D eigenvalue weighted by Crippen LogP contribution is -2.29. The predicted molar refractivity (Wildman–Crippen MR) is 65.7 cm³/mol. The zero-order valence-corrected chi connectivity index (χ0v) is 10.7. The monoisotopic (exact) mass is 273 g/mol. The second kappa shape index (κ2) is 4.33. The Labute approximate surface area is 97.8 Å². The van der Waals surface area contributed by atoms with E-state index in [2.05, 4.69) is 27.4 Å². The fraction of sp³-hybridized carbons (Fsp3) is 0.636. The van der Waals surface area contributed by atoms with Crippen LogP contribution in [0.1, 0.15) is 30.6 Å². The van der Waals surface area contributed by atoms with Gasteiger partial charge in [0.05, 0.1) is 0 Å². The molecule has 2 N–H and O–H groups in total. The Morgan fingerprint density at radius 3 is 2.64 bits per heavy atom. The molecule has 1 aliphatic carbocycles. The lowest BCUT2D eigenvalue weighted by Gasteiger charge is -2.26. The summed E-state index contributed by atoms with van der Waals surface area (Å²) in [5.74, 6) is 0. The molecule has 0 aliphatic heterocycles. The summed E-state index contributed by atoms with van der Waals surface area (Å²) >= 11 is 5.35. The number of halogens is 1. The van der Waals surface area contributed by atoms with Crippen LogP contribution in [-0.2, 0) is 6.42 Å². The molecule has 0 unspecified atom stereocenters. The fourth-order valence-corrected chi connectivity index (χ4v) is 4.02. The van der Waals surface area contributed by atoms with Gasteiger partial charge >= 0.3 is 0 Å². The Kier molecular flexibility index (Phi) is 3.30. The molecular weight excluding hydrogens is 258 g/mol. The van der Waals surface area contributed by atoms with Gasteiger partial charge in [-0.2, -0.15) is 0 Å². The van der Waals surface area contributed by atoms with Gasteiger partial charge in [-0.3, -0.25) is 0 Å². The van der Waals surface area contributed by atoms with E-state index >= 15 is 0 Å². The van der Waals surface area contributed by atoms with Gasteiger partial charge < -0.3 is 5.73 Å². The van der Waals surface area contributed by atoms with E-state index in [4.69, 9.17) is 5.73 Å². The smallest absolute Gasteiger partial charge is 0.0285 e. The molecule has 1 saturated carbocycles. The Morgan fingerprint density at radius 1 is 1.43 bits per heavy atom. The standard InChI is InChI=1S/C11H16BrNS/c12-9-5-10(14-7-9)6-11(8-13)3-1-2-4-11/h5,7H,1-4,6,8,13H2. The van der Waals surface area contributed by atoms with Crippen molar-refractivity contribution < 1.29 is 0 Å². The molecule has 2 rings (SSSR count). The van der Waals surface area contributed by atoms with Crippen LogP contribution in [0.15, 0.2) is 15.9 Å². The van der Waals surface area contributed by atoms with Gasteiger partial charge in [-0.1, -0.05) is 12.8 Å². The van der Waals surface area contributed by atoms with Crippen LogP contribution in [0.2, 0.25) is 0 Å².